The Labute approximate surface area is 111 Å². The summed E-state index contributed by atoms with van der Waals surface area (Å²) in [6.07, 6.45) is 0. The van der Waals surface area contributed by atoms with Crippen LogP contribution in [-0.4, -0.2) is 36.7 Å². The van der Waals surface area contributed by atoms with Crippen molar-refractivity contribution >= 4 is 11.9 Å². The number of methoxy groups -OCH3 is 1. The lowest BCUT2D eigenvalue weighted by atomic mass is 10.1. The predicted octanol–water partition coefficient (Wildman–Crippen LogP) is 0.322. The van der Waals surface area contributed by atoms with E-state index in [0.717, 1.165) is 0 Å². The summed E-state index contributed by atoms with van der Waals surface area (Å²) >= 11 is 0. The van der Waals surface area contributed by atoms with E-state index in [-0.39, 0.29) is 12.5 Å². The molecule has 1 aromatic carbocycles. The molecule has 5 heteroatoms. The Morgan fingerprint density at radius 3 is 2.84 bits per heavy atom. The monoisotopic (exact) mass is 261 g/mol. The van der Waals surface area contributed by atoms with E-state index in [2.05, 4.69) is 21.9 Å². The van der Waals surface area contributed by atoms with Gasteiger partial charge in [-0.1, -0.05) is 17.9 Å². The molecule has 5 nitrogen and oxygen atoms in total. The molecule has 1 aromatic rings. The first-order valence-corrected chi connectivity index (χ1v) is 5.67. The molecule has 0 saturated carbocycles. The van der Waals surface area contributed by atoms with Gasteiger partial charge in [0.25, 0.3) is 5.91 Å². The van der Waals surface area contributed by atoms with Gasteiger partial charge >= 0.3 is 5.97 Å². The standard InChI is InChI=1S/C14H15NO4/c1-10(14(18)19-2)15-13(17)12-7-3-5-11(9-12)6-4-8-16/h3,5,7,9-10,16H,8H2,1-2H3,(H,15,17). The van der Waals surface area contributed by atoms with Crippen molar-refractivity contribution in [3.05, 3.63) is 35.4 Å². The zero-order valence-corrected chi connectivity index (χ0v) is 10.8. The summed E-state index contributed by atoms with van der Waals surface area (Å²) in [5.41, 5.74) is 1.01. The van der Waals surface area contributed by atoms with Gasteiger partial charge in [-0.2, -0.15) is 0 Å². The second-order valence-corrected chi connectivity index (χ2v) is 3.76. The Bertz CT molecular complexity index is 528. The molecular weight excluding hydrogens is 246 g/mol. The van der Waals surface area contributed by atoms with Gasteiger partial charge in [-0.25, -0.2) is 4.79 Å². The highest BCUT2D eigenvalue weighted by Gasteiger charge is 2.16. The summed E-state index contributed by atoms with van der Waals surface area (Å²) in [7, 11) is 1.26. The first kappa shape index (κ1) is 14.7. The molecule has 1 rings (SSSR count). The molecule has 19 heavy (non-hydrogen) atoms. The van der Waals surface area contributed by atoms with Crippen molar-refractivity contribution in [1.29, 1.82) is 0 Å². The molecule has 1 amide bonds. The summed E-state index contributed by atoms with van der Waals surface area (Å²) in [5.74, 6) is 4.31. The Morgan fingerprint density at radius 1 is 1.47 bits per heavy atom. The highest BCUT2D eigenvalue weighted by atomic mass is 16.5. The van der Waals surface area contributed by atoms with Gasteiger partial charge in [0.2, 0.25) is 0 Å². The molecule has 100 valence electrons. The number of carbonyl (C=O) groups excluding carboxylic acids is 2. The maximum atomic E-state index is 11.9. The number of nitrogens with one attached hydrogen (secondary N) is 1. The van der Waals surface area contributed by atoms with Gasteiger partial charge in [0.05, 0.1) is 7.11 Å². The van der Waals surface area contributed by atoms with E-state index in [1.165, 1.54) is 7.11 Å². The third-order valence-corrected chi connectivity index (χ3v) is 2.34. The number of ether oxygens (including phenoxy) is 1. The van der Waals surface area contributed by atoms with Crippen LogP contribution in [0.2, 0.25) is 0 Å². The fourth-order valence-corrected chi connectivity index (χ4v) is 1.40. The van der Waals surface area contributed by atoms with Crippen LogP contribution in [-0.2, 0) is 9.53 Å². The van der Waals surface area contributed by atoms with Gasteiger partial charge in [0.1, 0.15) is 12.6 Å². The van der Waals surface area contributed by atoms with Crippen LogP contribution in [0.4, 0.5) is 0 Å². The summed E-state index contributed by atoms with van der Waals surface area (Å²) in [6.45, 7) is 1.30. The van der Waals surface area contributed by atoms with E-state index in [1.54, 1.807) is 31.2 Å². The average Bonchev–Trinajstić information content (AvgIpc) is 2.44. The van der Waals surface area contributed by atoms with E-state index in [0.29, 0.717) is 11.1 Å². The lowest BCUT2D eigenvalue weighted by Crippen LogP contribution is -2.39. The summed E-state index contributed by atoms with van der Waals surface area (Å²) in [4.78, 5) is 23.1. The lowest BCUT2D eigenvalue weighted by molar-refractivity contribution is -0.142. The highest BCUT2D eigenvalue weighted by Crippen LogP contribution is 2.04. The molecule has 0 saturated heterocycles. The van der Waals surface area contributed by atoms with Crippen molar-refractivity contribution in [2.24, 2.45) is 0 Å². The summed E-state index contributed by atoms with van der Waals surface area (Å²) < 4.78 is 4.52. The number of aliphatic hydroxyl groups excluding tert-OH is 1. The molecule has 0 heterocycles. The molecule has 0 bridgehead atoms. The molecule has 0 aliphatic heterocycles. The van der Waals surface area contributed by atoms with Gasteiger partial charge in [0.15, 0.2) is 0 Å². The van der Waals surface area contributed by atoms with Crippen LogP contribution in [0.1, 0.15) is 22.8 Å². The summed E-state index contributed by atoms with van der Waals surface area (Å²) in [6, 6.07) is 5.89. The minimum absolute atomic E-state index is 0.240. The molecule has 0 radical (unpaired) electrons. The number of rotatable bonds is 3. The number of amides is 1. The van der Waals surface area contributed by atoms with E-state index in [4.69, 9.17) is 5.11 Å². The van der Waals surface area contributed by atoms with Crippen molar-refractivity contribution in [3.63, 3.8) is 0 Å². The second-order valence-electron chi connectivity index (χ2n) is 3.76. The minimum Gasteiger partial charge on any atom is -0.467 e. The quantitative estimate of drug-likeness (QED) is 0.607. The maximum absolute atomic E-state index is 11.9. The van der Waals surface area contributed by atoms with Crippen molar-refractivity contribution in [1.82, 2.24) is 5.32 Å². The van der Waals surface area contributed by atoms with Gasteiger partial charge in [0, 0.05) is 11.1 Å². The fraction of sp³-hybridized carbons (Fsp3) is 0.286. The molecule has 2 N–H and O–H groups in total. The molecule has 0 fully saturated rings. The van der Waals surface area contributed by atoms with Crippen LogP contribution in [0.15, 0.2) is 24.3 Å². The van der Waals surface area contributed by atoms with Crippen molar-refractivity contribution in [2.75, 3.05) is 13.7 Å². The first-order chi connectivity index (χ1) is 9.08. The minimum atomic E-state index is -0.718. The van der Waals surface area contributed by atoms with Gasteiger partial charge < -0.3 is 15.2 Å². The third-order valence-electron chi connectivity index (χ3n) is 2.34. The highest BCUT2D eigenvalue weighted by molar-refractivity contribution is 5.96. The van der Waals surface area contributed by atoms with E-state index < -0.39 is 12.0 Å². The Morgan fingerprint density at radius 2 is 2.21 bits per heavy atom. The number of carbonyl (C=O) groups is 2. The molecule has 0 aromatic heterocycles. The number of aliphatic hydroxyl groups is 1. The second kappa shape index (κ2) is 7.19. The van der Waals surface area contributed by atoms with Crippen LogP contribution in [0.25, 0.3) is 0 Å². The topological polar surface area (TPSA) is 75.6 Å². The molecule has 0 spiro atoms. The van der Waals surface area contributed by atoms with Crippen LogP contribution >= 0.6 is 0 Å². The van der Waals surface area contributed by atoms with E-state index in [9.17, 15) is 9.59 Å². The maximum Gasteiger partial charge on any atom is 0.328 e. The third kappa shape index (κ3) is 4.45. The molecule has 1 unspecified atom stereocenters. The van der Waals surface area contributed by atoms with Crippen LogP contribution in [0.5, 0.6) is 0 Å². The Hall–Kier alpha value is -2.32. The number of benzene rings is 1. The Kier molecular flexibility index (Phi) is 5.58. The number of esters is 1. The van der Waals surface area contributed by atoms with E-state index >= 15 is 0 Å². The van der Waals surface area contributed by atoms with E-state index in [1.807, 2.05) is 0 Å². The van der Waals surface area contributed by atoms with Crippen molar-refractivity contribution < 1.29 is 19.4 Å². The van der Waals surface area contributed by atoms with Gasteiger partial charge in [-0.15, -0.1) is 0 Å². The zero-order valence-electron chi connectivity index (χ0n) is 10.8. The lowest BCUT2D eigenvalue weighted by Gasteiger charge is -2.11. The van der Waals surface area contributed by atoms with Gasteiger partial charge in [-0.05, 0) is 25.1 Å². The smallest absolute Gasteiger partial charge is 0.328 e. The molecular formula is C14H15NO4. The van der Waals surface area contributed by atoms with Crippen LogP contribution in [0, 0.1) is 11.8 Å². The largest absolute Gasteiger partial charge is 0.467 e. The zero-order chi connectivity index (χ0) is 14.3. The van der Waals surface area contributed by atoms with Crippen molar-refractivity contribution in [2.45, 2.75) is 13.0 Å². The summed E-state index contributed by atoms with van der Waals surface area (Å²) in [5, 5.41) is 11.1. The van der Waals surface area contributed by atoms with Gasteiger partial charge in [-0.3, -0.25) is 4.79 Å². The van der Waals surface area contributed by atoms with Crippen LogP contribution < -0.4 is 5.32 Å². The molecule has 0 aliphatic carbocycles. The average molecular weight is 261 g/mol. The first-order valence-electron chi connectivity index (χ1n) is 5.67. The normalized spacial score (nSPS) is 10.9. The van der Waals surface area contributed by atoms with Crippen molar-refractivity contribution in [3.8, 4) is 11.8 Å². The number of hydrogen-bond acceptors (Lipinski definition) is 4. The Balaban J connectivity index is 2.80. The predicted molar refractivity (Wildman–Crippen MR) is 69.4 cm³/mol. The SMILES string of the molecule is COC(=O)C(C)NC(=O)c1cccc(C#CCO)c1. The molecule has 1 atom stereocenters. The number of hydrogen-bond donors (Lipinski definition) is 2. The molecule has 0 aliphatic rings. The van der Waals surface area contributed by atoms with Crippen LogP contribution in [0.3, 0.4) is 0 Å². The fourth-order valence-electron chi connectivity index (χ4n) is 1.40.